The lowest BCUT2D eigenvalue weighted by molar-refractivity contribution is -0.197. The lowest BCUT2D eigenvalue weighted by Crippen LogP contribution is -2.34. The predicted octanol–water partition coefficient (Wildman–Crippen LogP) is 1.86. The Hall–Kier alpha value is -2.90. The van der Waals surface area contributed by atoms with Gasteiger partial charge in [-0.2, -0.15) is 0 Å². The van der Waals surface area contributed by atoms with Gasteiger partial charge in [0.25, 0.3) is 11.8 Å². The van der Waals surface area contributed by atoms with E-state index < -0.39 is 17.8 Å². The molecule has 0 aromatic heterocycles. The molecule has 8 nitrogen and oxygen atoms in total. The first-order chi connectivity index (χ1) is 13.3. The van der Waals surface area contributed by atoms with E-state index in [-0.39, 0.29) is 31.2 Å². The van der Waals surface area contributed by atoms with Crippen LogP contribution in [0.5, 0.6) is 5.75 Å². The van der Waals surface area contributed by atoms with E-state index in [0.717, 1.165) is 5.56 Å². The molecule has 1 atom stereocenters. The van der Waals surface area contributed by atoms with Crippen LogP contribution in [0.4, 0.5) is 0 Å². The molecule has 28 heavy (non-hydrogen) atoms. The highest BCUT2D eigenvalue weighted by Crippen LogP contribution is 2.17. The highest BCUT2D eigenvalue weighted by atomic mass is 16.7. The predicted molar refractivity (Wildman–Crippen MR) is 100.0 cm³/mol. The SMILES string of the molecule is CC(=O)N(C)[C@@H](C)Cc1cccc(OCCCC(=O)ON2C(=O)CCC2=O)c1. The fourth-order valence-electron chi connectivity index (χ4n) is 2.76. The van der Waals surface area contributed by atoms with Gasteiger partial charge < -0.3 is 14.5 Å². The van der Waals surface area contributed by atoms with Crippen molar-refractivity contribution < 1.29 is 28.8 Å². The lowest BCUT2D eigenvalue weighted by atomic mass is 10.1. The number of rotatable bonds is 9. The van der Waals surface area contributed by atoms with Gasteiger partial charge in [-0.05, 0) is 37.5 Å². The van der Waals surface area contributed by atoms with E-state index in [0.29, 0.717) is 30.3 Å². The van der Waals surface area contributed by atoms with E-state index >= 15 is 0 Å². The molecule has 8 heteroatoms. The third-order valence-electron chi connectivity index (χ3n) is 4.58. The van der Waals surface area contributed by atoms with Crippen LogP contribution in [0.2, 0.25) is 0 Å². The monoisotopic (exact) mass is 390 g/mol. The van der Waals surface area contributed by atoms with Crippen molar-refractivity contribution in [2.24, 2.45) is 0 Å². The maximum absolute atomic E-state index is 11.7. The summed E-state index contributed by atoms with van der Waals surface area (Å²) in [5.74, 6) is -0.924. The number of carbonyl (C=O) groups excluding carboxylic acids is 4. The second-order valence-electron chi connectivity index (χ2n) is 6.83. The van der Waals surface area contributed by atoms with Gasteiger partial charge in [0, 0.05) is 32.9 Å². The first-order valence-corrected chi connectivity index (χ1v) is 9.29. The molecule has 1 aliphatic rings. The van der Waals surface area contributed by atoms with Crippen LogP contribution in [-0.2, 0) is 30.4 Å². The molecule has 0 N–H and O–H groups in total. The lowest BCUT2D eigenvalue weighted by Gasteiger charge is -2.23. The van der Waals surface area contributed by atoms with Crippen molar-refractivity contribution >= 4 is 23.7 Å². The zero-order valence-corrected chi connectivity index (χ0v) is 16.5. The Kier molecular flexibility index (Phi) is 7.54. The van der Waals surface area contributed by atoms with Crippen molar-refractivity contribution in [3.8, 4) is 5.75 Å². The Labute approximate surface area is 164 Å². The quantitative estimate of drug-likeness (QED) is 0.472. The number of nitrogens with zero attached hydrogens (tertiary/aromatic N) is 2. The molecule has 0 aliphatic carbocycles. The number of benzene rings is 1. The van der Waals surface area contributed by atoms with Gasteiger partial charge in [-0.1, -0.05) is 12.1 Å². The summed E-state index contributed by atoms with van der Waals surface area (Å²) in [7, 11) is 1.77. The molecule has 1 saturated heterocycles. The van der Waals surface area contributed by atoms with Gasteiger partial charge >= 0.3 is 5.97 Å². The summed E-state index contributed by atoms with van der Waals surface area (Å²) in [6, 6.07) is 7.65. The summed E-state index contributed by atoms with van der Waals surface area (Å²) >= 11 is 0. The van der Waals surface area contributed by atoms with Crippen molar-refractivity contribution in [2.75, 3.05) is 13.7 Å². The Morgan fingerprint density at radius 3 is 2.54 bits per heavy atom. The van der Waals surface area contributed by atoms with Gasteiger partial charge in [0.2, 0.25) is 5.91 Å². The second-order valence-corrected chi connectivity index (χ2v) is 6.83. The van der Waals surface area contributed by atoms with E-state index in [9.17, 15) is 19.2 Å². The number of hydrogen-bond donors (Lipinski definition) is 0. The first-order valence-electron chi connectivity index (χ1n) is 9.29. The van der Waals surface area contributed by atoms with Crippen molar-refractivity contribution in [3.05, 3.63) is 29.8 Å². The topological polar surface area (TPSA) is 93.2 Å². The van der Waals surface area contributed by atoms with Gasteiger partial charge in [-0.3, -0.25) is 14.4 Å². The van der Waals surface area contributed by atoms with Crippen LogP contribution in [0.1, 0.15) is 45.1 Å². The highest BCUT2D eigenvalue weighted by Gasteiger charge is 2.32. The third-order valence-corrected chi connectivity index (χ3v) is 4.58. The van der Waals surface area contributed by atoms with Gasteiger partial charge in [0.1, 0.15) is 5.75 Å². The van der Waals surface area contributed by atoms with Crippen LogP contribution < -0.4 is 4.74 Å². The minimum absolute atomic E-state index is 0.0177. The van der Waals surface area contributed by atoms with E-state index in [1.54, 1.807) is 11.9 Å². The molecule has 1 aromatic rings. The number of hydroxylamine groups is 2. The molecule has 1 aromatic carbocycles. The summed E-state index contributed by atoms with van der Waals surface area (Å²) < 4.78 is 5.66. The average molecular weight is 390 g/mol. The largest absolute Gasteiger partial charge is 0.494 e. The normalized spacial score (nSPS) is 14.8. The van der Waals surface area contributed by atoms with Crippen molar-refractivity contribution in [1.82, 2.24) is 9.96 Å². The van der Waals surface area contributed by atoms with Crippen LogP contribution >= 0.6 is 0 Å². The number of imide groups is 1. The van der Waals surface area contributed by atoms with E-state index in [1.165, 1.54) is 6.92 Å². The Bertz CT molecular complexity index is 732. The molecular weight excluding hydrogens is 364 g/mol. The van der Waals surface area contributed by atoms with Crippen LogP contribution in [-0.4, -0.2) is 53.4 Å². The minimum Gasteiger partial charge on any atom is -0.494 e. The fraction of sp³-hybridized carbons (Fsp3) is 0.500. The molecule has 1 heterocycles. The summed E-state index contributed by atoms with van der Waals surface area (Å²) in [5.41, 5.74) is 1.04. The first kappa shape index (κ1) is 21.4. The molecule has 0 saturated carbocycles. The number of ether oxygens (including phenoxy) is 1. The molecule has 1 aliphatic heterocycles. The number of amides is 3. The maximum atomic E-state index is 11.7. The highest BCUT2D eigenvalue weighted by molar-refractivity contribution is 6.01. The van der Waals surface area contributed by atoms with Gasteiger partial charge in [-0.25, -0.2) is 4.79 Å². The summed E-state index contributed by atoms with van der Waals surface area (Å²) in [6.45, 7) is 3.82. The number of likely N-dealkylation sites (N-methyl/N-ethyl adjacent to an activating group) is 1. The molecule has 1 fully saturated rings. The van der Waals surface area contributed by atoms with Crippen molar-refractivity contribution in [1.29, 1.82) is 0 Å². The summed E-state index contributed by atoms with van der Waals surface area (Å²) in [5, 5.41) is 0.548. The Morgan fingerprint density at radius 1 is 1.21 bits per heavy atom. The fourth-order valence-corrected chi connectivity index (χ4v) is 2.76. The molecular formula is C20H26N2O6. The minimum atomic E-state index is -0.637. The van der Waals surface area contributed by atoms with Gasteiger partial charge in [-0.15, -0.1) is 5.06 Å². The van der Waals surface area contributed by atoms with Gasteiger partial charge in [0.05, 0.1) is 13.0 Å². The second kappa shape index (κ2) is 9.87. The Balaban J connectivity index is 1.74. The van der Waals surface area contributed by atoms with Gasteiger partial charge in [0.15, 0.2) is 0 Å². The van der Waals surface area contributed by atoms with Crippen molar-refractivity contribution in [3.63, 3.8) is 0 Å². The summed E-state index contributed by atoms with van der Waals surface area (Å²) in [4.78, 5) is 52.5. The third kappa shape index (κ3) is 6.07. The van der Waals surface area contributed by atoms with E-state index in [4.69, 9.17) is 9.57 Å². The van der Waals surface area contributed by atoms with Crippen molar-refractivity contribution in [2.45, 2.75) is 52.0 Å². The number of carbonyl (C=O) groups is 4. The average Bonchev–Trinajstić information content (AvgIpc) is 2.96. The molecule has 0 bridgehead atoms. The maximum Gasteiger partial charge on any atom is 0.333 e. The van der Waals surface area contributed by atoms with E-state index in [1.807, 2.05) is 31.2 Å². The summed E-state index contributed by atoms with van der Waals surface area (Å²) in [6.07, 6.45) is 1.29. The van der Waals surface area contributed by atoms with Crippen LogP contribution in [0.15, 0.2) is 24.3 Å². The molecule has 0 unspecified atom stereocenters. The zero-order valence-electron chi connectivity index (χ0n) is 16.5. The molecule has 3 amide bonds. The number of hydrogen-bond acceptors (Lipinski definition) is 6. The molecule has 2 rings (SSSR count). The van der Waals surface area contributed by atoms with E-state index in [2.05, 4.69) is 0 Å². The molecule has 0 spiro atoms. The standard InChI is InChI=1S/C20H26N2O6/c1-14(21(3)15(2)23)12-16-6-4-7-17(13-16)27-11-5-8-20(26)28-22-18(24)9-10-19(22)25/h4,6-7,13-14H,5,8-12H2,1-3H3/t14-/m0/s1. The molecule has 0 radical (unpaired) electrons. The van der Waals surface area contributed by atoms with Crippen LogP contribution in [0, 0.1) is 0 Å². The van der Waals surface area contributed by atoms with Crippen LogP contribution in [0.25, 0.3) is 0 Å². The zero-order chi connectivity index (χ0) is 20.7. The smallest absolute Gasteiger partial charge is 0.333 e. The molecule has 152 valence electrons. The Morgan fingerprint density at radius 2 is 1.89 bits per heavy atom. The van der Waals surface area contributed by atoms with Crippen LogP contribution in [0.3, 0.4) is 0 Å².